The van der Waals surface area contributed by atoms with E-state index in [1.165, 1.54) is 0 Å². The molecule has 0 radical (unpaired) electrons. The van der Waals surface area contributed by atoms with Crippen molar-refractivity contribution >= 4 is 22.9 Å². The summed E-state index contributed by atoms with van der Waals surface area (Å²) in [6.45, 7) is 6.14. The predicted molar refractivity (Wildman–Crippen MR) is 93.0 cm³/mol. The molecular weight excluding hydrogens is 308 g/mol. The summed E-state index contributed by atoms with van der Waals surface area (Å²) in [7, 11) is 0. The maximum absolute atomic E-state index is 11.2. The Balaban J connectivity index is 1.80. The van der Waals surface area contributed by atoms with Crippen LogP contribution in [0.2, 0.25) is 0 Å². The zero-order valence-corrected chi connectivity index (χ0v) is 13.7. The highest BCUT2D eigenvalue weighted by molar-refractivity contribution is 5.69. The number of nitrogens with one attached hydrogen (secondary N) is 1. The van der Waals surface area contributed by atoms with Gasteiger partial charge in [0.2, 0.25) is 5.82 Å². The Hall–Kier alpha value is -2.67. The Kier molecular flexibility index (Phi) is 4.61. The van der Waals surface area contributed by atoms with Gasteiger partial charge in [-0.25, -0.2) is 4.98 Å². The molecule has 1 aromatic heterocycles. The highest BCUT2D eigenvalue weighted by atomic mass is 16.6. The smallest absolute Gasteiger partial charge is 0.314 e. The van der Waals surface area contributed by atoms with E-state index < -0.39 is 4.92 Å². The van der Waals surface area contributed by atoms with Crippen molar-refractivity contribution in [2.45, 2.75) is 19.9 Å². The number of aromatic nitrogens is 1. The van der Waals surface area contributed by atoms with Gasteiger partial charge in [0, 0.05) is 35.7 Å². The largest absolute Gasteiger partial charge is 0.377 e. The molecule has 1 aliphatic heterocycles. The molecule has 2 aromatic rings. The summed E-state index contributed by atoms with van der Waals surface area (Å²) in [5, 5.41) is 14.3. The second-order valence-corrected chi connectivity index (χ2v) is 5.87. The molecule has 1 unspecified atom stereocenters. The number of anilines is 3. The second kappa shape index (κ2) is 6.84. The van der Waals surface area contributed by atoms with Gasteiger partial charge in [-0.3, -0.25) is 10.1 Å². The molecule has 7 nitrogen and oxygen atoms in total. The third-order valence-corrected chi connectivity index (χ3v) is 4.14. The van der Waals surface area contributed by atoms with Crippen LogP contribution >= 0.6 is 0 Å². The normalized spacial score (nSPS) is 17.6. The number of morpholine rings is 1. The lowest BCUT2D eigenvalue weighted by molar-refractivity contribution is -0.384. The summed E-state index contributed by atoms with van der Waals surface area (Å²) in [6, 6.07) is 9.79. The molecule has 1 atom stereocenters. The lowest BCUT2D eigenvalue weighted by Crippen LogP contribution is -2.43. The van der Waals surface area contributed by atoms with Crippen LogP contribution in [0.3, 0.4) is 0 Å². The summed E-state index contributed by atoms with van der Waals surface area (Å²) in [4.78, 5) is 17.2. The minimum absolute atomic E-state index is 0.00313. The molecule has 0 bridgehead atoms. The number of nitrogens with zero attached hydrogens (tertiary/aromatic N) is 3. The molecule has 24 heavy (non-hydrogen) atoms. The molecular formula is C17H20N4O3. The maximum Gasteiger partial charge on any atom is 0.314 e. The van der Waals surface area contributed by atoms with Crippen LogP contribution in [0.5, 0.6) is 0 Å². The highest BCUT2D eigenvalue weighted by Gasteiger charge is 2.20. The highest BCUT2D eigenvalue weighted by Crippen LogP contribution is 2.29. The lowest BCUT2D eigenvalue weighted by Gasteiger charge is -2.35. The molecule has 1 aromatic carbocycles. The first-order valence-electron chi connectivity index (χ1n) is 7.87. The van der Waals surface area contributed by atoms with Crippen LogP contribution in [0.25, 0.3) is 0 Å². The van der Waals surface area contributed by atoms with E-state index in [4.69, 9.17) is 4.74 Å². The second-order valence-electron chi connectivity index (χ2n) is 5.87. The number of aryl methyl sites for hydroxylation is 1. The molecule has 1 aliphatic rings. The van der Waals surface area contributed by atoms with Gasteiger partial charge in [-0.2, -0.15) is 0 Å². The number of hydrogen-bond donors (Lipinski definition) is 1. The number of ether oxygens (including phenoxy) is 1. The van der Waals surface area contributed by atoms with Gasteiger partial charge in [-0.05, 0) is 44.2 Å². The van der Waals surface area contributed by atoms with E-state index in [0.717, 1.165) is 31.1 Å². The average Bonchev–Trinajstić information content (AvgIpc) is 2.56. The molecule has 2 heterocycles. The maximum atomic E-state index is 11.2. The standard InChI is InChI=1S/C17H20N4O3/c1-12-7-8-18-17(16(12)21(22)23)19-14-3-5-15(6-4-14)20-9-10-24-11-13(20)2/h3-8,13H,9-11H2,1-2H3,(H,18,19). The van der Waals surface area contributed by atoms with E-state index >= 15 is 0 Å². The Morgan fingerprint density at radius 3 is 2.75 bits per heavy atom. The molecule has 3 rings (SSSR count). The number of hydrogen-bond acceptors (Lipinski definition) is 6. The van der Waals surface area contributed by atoms with Gasteiger partial charge in [0.05, 0.1) is 18.1 Å². The van der Waals surface area contributed by atoms with Crippen molar-refractivity contribution in [3.63, 3.8) is 0 Å². The fraction of sp³-hybridized carbons (Fsp3) is 0.353. The van der Waals surface area contributed by atoms with Crippen molar-refractivity contribution < 1.29 is 9.66 Å². The molecule has 1 saturated heterocycles. The van der Waals surface area contributed by atoms with Gasteiger partial charge >= 0.3 is 5.69 Å². The Labute approximate surface area is 140 Å². The molecule has 0 spiro atoms. The Morgan fingerprint density at radius 1 is 1.33 bits per heavy atom. The van der Waals surface area contributed by atoms with Crippen molar-refractivity contribution in [1.82, 2.24) is 4.98 Å². The number of rotatable bonds is 4. The molecule has 0 amide bonds. The van der Waals surface area contributed by atoms with Gasteiger partial charge in [0.1, 0.15) is 0 Å². The summed E-state index contributed by atoms with van der Waals surface area (Å²) < 4.78 is 5.46. The van der Waals surface area contributed by atoms with Gasteiger partial charge in [0.15, 0.2) is 0 Å². The Bertz CT molecular complexity index is 733. The van der Waals surface area contributed by atoms with Gasteiger partial charge < -0.3 is 15.0 Å². The van der Waals surface area contributed by atoms with Crippen LogP contribution in [0.15, 0.2) is 36.5 Å². The van der Waals surface area contributed by atoms with E-state index in [0.29, 0.717) is 11.6 Å². The third-order valence-electron chi connectivity index (χ3n) is 4.14. The zero-order valence-electron chi connectivity index (χ0n) is 13.7. The zero-order chi connectivity index (χ0) is 17.1. The topological polar surface area (TPSA) is 80.5 Å². The molecule has 126 valence electrons. The summed E-state index contributed by atoms with van der Waals surface area (Å²) >= 11 is 0. The first-order valence-corrected chi connectivity index (χ1v) is 7.87. The fourth-order valence-corrected chi connectivity index (χ4v) is 2.86. The van der Waals surface area contributed by atoms with E-state index in [9.17, 15) is 10.1 Å². The molecule has 0 saturated carbocycles. The first-order chi connectivity index (χ1) is 11.6. The average molecular weight is 328 g/mol. The van der Waals surface area contributed by atoms with Crippen LogP contribution in [-0.4, -0.2) is 35.7 Å². The van der Waals surface area contributed by atoms with Crippen LogP contribution in [0, 0.1) is 17.0 Å². The van der Waals surface area contributed by atoms with E-state index in [1.807, 2.05) is 24.3 Å². The fourth-order valence-electron chi connectivity index (χ4n) is 2.86. The number of benzene rings is 1. The van der Waals surface area contributed by atoms with Crippen LogP contribution in [0.1, 0.15) is 12.5 Å². The van der Waals surface area contributed by atoms with Crippen LogP contribution in [-0.2, 0) is 4.74 Å². The van der Waals surface area contributed by atoms with E-state index in [-0.39, 0.29) is 11.5 Å². The van der Waals surface area contributed by atoms with Crippen LogP contribution in [0.4, 0.5) is 22.9 Å². The number of nitro groups is 1. The molecule has 7 heteroatoms. The molecule has 1 fully saturated rings. The van der Waals surface area contributed by atoms with Crippen molar-refractivity contribution in [3.8, 4) is 0 Å². The van der Waals surface area contributed by atoms with Crippen molar-refractivity contribution in [2.75, 3.05) is 30.0 Å². The van der Waals surface area contributed by atoms with E-state index in [2.05, 4.69) is 22.1 Å². The molecule has 0 aliphatic carbocycles. The van der Waals surface area contributed by atoms with Crippen LogP contribution < -0.4 is 10.2 Å². The van der Waals surface area contributed by atoms with Crippen molar-refractivity contribution in [3.05, 3.63) is 52.2 Å². The monoisotopic (exact) mass is 328 g/mol. The van der Waals surface area contributed by atoms with Crippen molar-refractivity contribution in [2.24, 2.45) is 0 Å². The summed E-state index contributed by atoms with van der Waals surface area (Å²) in [6.07, 6.45) is 1.56. The minimum Gasteiger partial charge on any atom is -0.377 e. The summed E-state index contributed by atoms with van der Waals surface area (Å²) in [5.41, 5.74) is 2.46. The SMILES string of the molecule is Cc1ccnc(Nc2ccc(N3CCOCC3C)cc2)c1[N+](=O)[O-]. The quantitative estimate of drug-likeness (QED) is 0.685. The predicted octanol–water partition coefficient (Wildman–Crippen LogP) is 3.27. The van der Waals surface area contributed by atoms with Gasteiger partial charge in [-0.15, -0.1) is 0 Å². The number of pyridine rings is 1. The van der Waals surface area contributed by atoms with E-state index in [1.54, 1.807) is 19.2 Å². The lowest BCUT2D eigenvalue weighted by atomic mass is 10.2. The first kappa shape index (κ1) is 16.2. The third kappa shape index (κ3) is 3.30. The molecule has 1 N–H and O–H groups in total. The van der Waals surface area contributed by atoms with Gasteiger partial charge in [-0.1, -0.05) is 0 Å². The van der Waals surface area contributed by atoms with Crippen molar-refractivity contribution in [1.29, 1.82) is 0 Å². The minimum atomic E-state index is -0.408. The summed E-state index contributed by atoms with van der Waals surface area (Å²) in [5.74, 6) is 0.257. The van der Waals surface area contributed by atoms with Gasteiger partial charge in [0.25, 0.3) is 0 Å². The Morgan fingerprint density at radius 2 is 2.08 bits per heavy atom.